The molecule has 0 aliphatic carbocycles. The van der Waals surface area contributed by atoms with Gasteiger partial charge in [0.25, 0.3) is 0 Å². The van der Waals surface area contributed by atoms with Gasteiger partial charge in [-0.15, -0.1) is 0 Å². The van der Waals surface area contributed by atoms with Gasteiger partial charge in [0.1, 0.15) is 0 Å². The SMILES string of the molecule is COC(=O)c1ccc(N2CCC(N3CCN(CCS(=O)(=O)N4CCN(c5cncc(C(F)(F)F)c5)CC4)CC3)CC2)cc1. The van der Waals surface area contributed by atoms with Gasteiger partial charge >= 0.3 is 12.1 Å². The number of piperazine rings is 2. The average molecular weight is 625 g/mol. The number of nitrogens with zero attached hydrogens (tertiary/aromatic N) is 6. The van der Waals surface area contributed by atoms with Gasteiger partial charge in [0.15, 0.2) is 0 Å². The molecule has 236 valence electrons. The molecular formula is C29H39F3N6O4S. The molecule has 3 fully saturated rings. The van der Waals surface area contributed by atoms with E-state index >= 15 is 0 Å². The zero-order valence-corrected chi connectivity index (χ0v) is 25.2. The van der Waals surface area contributed by atoms with E-state index in [1.807, 2.05) is 12.1 Å². The number of esters is 1. The lowest BCUT2D eigenvalue weighted by atomic mass is 10.0. The van der Waals surface area contributed by atoms with Crippen LogP contribution >= 0.6 is 0 Å². The molecule has 3 aliphatic heterocycles. The molecule has 0 radical (unpaired) electrons. The number of carbonyl (C=O) groups excluding carboxylic acids is 1. The van der Waals surface area contributed by atoms with E-state index in [2.05, 4.69) is 19.7 Å². The van der Waals surface area contributed by atoms with Crippen molar-refractivity contribution in [1.82, 2.24) is 19.1 Å². The summed E-state index contributed by atoms with van der Waals surface area (Å²) in [5, 5.41) is 0. The number of pyridine rings is 1. The Labute approximate surface area is 251 Å². The molecule has 43 heavy (non-hydrogen) atoms. The number of piperidine rings is 1. The van der Waals surface area contributed by atoms with Crippen LogP contribution in [0.1, 0.15) is 28.8 Å². The first-order valence-electron chi connectivity index (χ1n) is 14.7. The predicted octanol–water partition coefficient (Wildman–Crippen LogP) is 2.63. The van der Waals surface area contributed by atoms with Crippen LogP contribution in [0, 0.1) is 0 Å². The van der Waals surface area contributed by atoms with Crippen molar-refractivity contribution in [3.05, 3.63) is 53.9 Å². The Morgan fingerprint density at radius 3 is 2.12 bits per heavy atom. The van der Waals surface area contributed by atoms with Crippen molar-refractivity contribution in [2.75, 3.05) is 94.7 Å². The lowest BCUT2D eigenvalue weighted by molar-refractivity contribution is -0.137. The van der Waals surface area contributed by atoms with Gasteiger partial charge in [-0.05, 0) is 43.2 Å². The second-order valence-electron chi connectivity index (χ2n) is 11.3. The summed E-state index contributed by atoms with van der Waals surface area (Å²) in [5.74, 6) is -0.305. The lowest BCUT2D eigenvalue weighted by Gasteiger charge is -2.43. The van der Waals surface area contributed by atoms with Crippen molar-refractivity contribution in [1.29, 1.82) is 0 Å². The Hall–Kier alpha value is -2.94. The number of hydrogen-bond acceptors (Lipinski definition) is 9. The fraction of sp³-hybridized carbons (Fsp3) is 0.586. The second kappa shape index (κ2) is 13.4. The van der Waals surface area contributed by atoms with Gasteiger partial charge in [0.05, 0.1) is 35.9 Å². The maximum absolute atomic E-state index is 13.1. The number of rotatable bonds is 8. The number of ether oxygens (including phenoxy) is 1. The lowest BCUT2D eigenvalue weighted by Crippen LogP contribution is -2.54. The maximum Gasteiger partial charge on any atom is 0.417 e. The highest BCUT2D eigenvalue weighted by molar-refractivity contribution is 7.89. The Kier molecular flexibility index (Phi) is 9.79. The molecule has 0 N–H and O–H groups in total. The van der Waals surface area contributed by atoms with Gasteiger partial charge in [0, 0.05) is 89.9 Å². The van der Waals surface area contributed by atoms with E-state index in [-0.39, 0.29) is 24.8 Å². The van der Waals surface area contributed by atoms with Crippen molar-refractivity contribution in [3.8, 4) is 0 Å². The van der Waals surface area contributed by atoms with Crippen LogP contribution < -0.4 is 9.80 Å². The monoisotopic (exact) mass is 624 g/mol. The summed E-state index contributed by atoms with van der Waals surface area (Å²) in [5.41, 5.74) is 1.19. The van der Waals surface area contributed by atoms with Gasteiger partial charge in [-0.25, -0.2) is 13.2 Å². The molecule has 0 amide bonds. The van der Waals surface area contributed by atoms with Crippen LogP contribution in [0.3, 0.4) is 0 Å². The van der Waals surface area contributed by atoms with E-state index in [1.54, 1.807) is 17.0 Å². The van der Waals surface area contributed by atoms with E-state index in [0.29, 0.717) is 36.9 Å². The Morgan fingerprint density at radius 1 is 0.884 bits per heavy atom. The number of alkyl halides is 3. The highest BCUT2D eigenvalue weighted by Crippen LogP contribution is 2.31. The highest BCUT2D eigenvalue weighted by Gasteiger charge is 2.33. The van der Waals surface area contributed by atoms with Crippen LogP contribution in [-0.4, -0.2) is 124 Å². The Bertz CT molecular complexity index is 1340. The molecule has 5 rings (SSSR count). The van der Waals surface area contributed by atoms with E-state index in [9.17, 15) is 26.4 Å². The standard InChI is InChI=1S/C29H39F3N6O4S/c1-42-28(39)23-2-4-25(5-3-23)35-8-6-26(7-9-35)36-12-10-34(11-13-36)18-19-43(40,41)38-16-14-37(15-17-38)27-20-24(21-33-22-27)29(30,31)32/h2-5,20-22,26H,6-19H2,1H3. The van der Waals surface area contributed by atoms with Crippen molar-refractivity contribution in [2.24, 2.45) is 0 Å². The smallest absolute Gasteiger partial charge is 0.417 e. The summed E-state index contributed by atoms with van der Waals surface area (Å²) in [6.45, 7) is 6.91. The predicted molar refractivity (Wildman–Crippen MR) is 158 cm³/mol. The molecule has 3 saturated heterocycles. The third kappa shape index (κ3) is 7.78. The topological polar surface area (TPSA) is 89.5 Å². The number of hydrogen-bond donors (Lipinski definition) is 0. The summed E-state index contributed by atoms with van der Waals surface area (Å²) in [6.07, 6.45) is -0.192. The molecule has 14 heteroatoms. The first-order chi connectivity index (χ1) is 20.5. The summed E-state index contributed by atoms with van der Waals surface area (Å²) < 4.78 is 71.5. The summed E-state index contributed by atoms with van der Waals surface area (Å²) in [7, 11) is -2.09. The molecule has 3 aliphatic rings. The molecule has 10 nitrogen and oxygen atoms in total. The zero-order chi connectivity index (χ0) is 30.6. The summed E-state index contributed by atoms with van der Waals surface area (Å²) in [4.78, 5) is 24.2. The van der Waals surface area contributed by atoms with Crippen LogP contribution in [0.15, 0.2) is 42.7 Å². The van der Waals surface area contributed by atoms with Crippen LogP contribution in [0.5, 0.6) is 0 Å². The van der Waals surface area contributed by atoms with Crippen molar-refractivity contribution >= 4 is 27.4 Å². The fourth-order valence-corrected chi connectivity index (χ4v) is 7.59. The minimum Gasteiger partial charge on any atom is -0.465 e. The number of halogens is 3. The Morgan fingerprint density at radius 2 is 1.51 bits per heavy atom. The minimum absolute atomic E-state index is 0.0330. The van der Waals surface area contributed by atoms with E-state index in [0.717, 1.165) is 70.1 Å². The van der Waals surface area contributed by atoms with E-state index < -0.39 is 21.8 Å². The molecule has 0 atom stereocenters. The van der Waals surface area contributed by atoms with E-state index in [4.69, 9.17) is 4.74 Å². The molecule has 0 unspecified atom stereocenters. The van der Waals surface area contributed by atoms with Crippen LogP contribution in [-0.2, 0) is 20.9 Å². The summed E-state index contributed by atoms with van der Waals surface area (Å²) in [6, 6.07) is 9.09. The van der Waals surface area contributed by atoms with Crippen LogP contribution in [0.4, 0.5) is 24.5 Å². The van der Waals surface area contributed by atoms with Gasteiger partial charge in [0.2, 0.25) is 10.0 Å². The Balaban J connectivity index is 1.02. The number of methoxy groups -OCH3 is 1. The molecular weight excluding hydrogens is 585 g/mol. The normalized spacial score (nSPS) is 20.4. The van der Waals surface area contributed by atoms with E-state index in [1.165, 1.54) is 17.6 Å². The molecule has 0 saturated carbocycles. The molecule has 1 aromatic heterocycles. The zero-order valence-electron chi connectivity index (χ0n) is 24.4. The molecule has 0 spiro atoms. The number of aromatic nitrogens is 1. The van der Waals surface area contributed by atoms with Gasteiger partial charge in [-0.2, -0.15) is 17.5 Å². The third-order valence-electron chi connectivity index (χ3n) is 8.76. The number of sulfonamides is 1. The van der Waals surface area contributed by atoms with Crippen molar-refractivity contribution < 1.29 is 31.1 Å². The molecule has 4 heterocycles. The molecule has 2 aromatic rings. The molecule has 1 aromatic carbocycles. The number of anilines is 2. The number of benzene rings is 1. The van der Waals surface area contributed by atoms with Gasteiger partial charge < -0.3 is 14.5 Å². The second-order valence-corrected chi connectivity index (χ2v) is 13.4. The first kappa shape index (κ1) is 31.5. The van der Waals surface area contributed by atoms with Gasteiger partial charge in [-0.1, -0.05) is 0 Å². The highest BCUT2D eigenvalue weighted by atomic mass is 32.2. The number of carbonyl (C=O) groups is 1. The van der Waals surface area contributed by atoms with Crippen LogP contribution in [0.2, 0.25) is 0 Å². The van der Waals surface area contributed by atoms with Gasteiger partial charge in [-0.3, -0.25) is 14.8 Å². The van der Waals surface area contributed by atoms with Crippen molar-refractivity contribution in [2.45, 2.75) is 25.1 Å². The molecule has 0 bridgehead atoms. The largest absolute Gasteiger partial charge is 0.465 e. The third-order valence-corrected chi connectivity index (χ3v) is 10.6. The summed E-state index contributed by atoms with van der Waals surface area (Å²) >= 11 is 0. The minimum atomic E-state index is -4.47. The van der Waals surface area contributed by atoms with Crippen molar-refractivity contribution in [3.63, 3.8) is 0 Å². The maximum atomic E-state index is 13.1. The van der Waals surface area contributed by atoms with Crippen LogP contribution in [0.25, 0.3) is 0 Å². The quantitative estimate of drug-likeness (QED) is 0.412. The first-order valence-corrected chi connectivity index (χ1v) is 16.3. The fourth-order valence-electron chi connectivity index (χ4n) is 6.12. The average Bonchev–Trinajstić information content (AvgIpc) is 3.03.